The van der Waals surface area contributed by atoms with Gasteiger partial charge in [-0.1, -0.05) is 42.5 Å². The molecule has 0 saturated carbocycles. The Morgan fingerprint density at radius 3 is 1.76 bits per heavy atom. The summed E-state index contributed by atoms with van der Waals surface area (Å²) < 4.78 is 0. The zero-order valence-electron chi connectivity index (χ0n) is 20.1. The molecule has 0 aliphatic rings. The highest BCUT2D eigenvalue weighted by Crippen LogP contribution is 2.12. The second-order valence-electron chi connectivity index (χ2n) is 8.46. The van der Waals surface area contributed by atoms with Gasteiger partial charge in [0.1, 0.15) is 23.9 Å². The molecule has 3 amide bonds. The van der Waals surface area contributed by atoms with E-state index < -0.39 is 60.2 Å². The maximum atomic E-state index is 13.3. The van der Waals surface area contributed by atoms with Crippen molar-refractivity contribution in [3.63, 3.8) is 0 Å². The molecule has 4 atom stereocenters. The number of amides is 3. The molecule has 0 bridgehead atoms. The summed E-state index contributed by atoms with van der Waals surface area (Å²) in [5, 5.41) is 34.9. The SMILES string of the molecule is C[C@H](NC(=O)[C@H](Cc1ccc(O)cc1)NC(=O)[C@H](Cc1ccccc1)NC(=O)[C@@H](N)CC(=O)O)C(=O)O. The van der Waals surface area contributed by atoms with Crippen molar-refractivity contribution in [1.82, 2.24) is 16.0 Å². The van der Waals surface area contributed by atoms with Crippen LogP contribution in [-0.2, 0) is 36.8 Å². The lowest BCUT2D eigenvalue weighted by Crippen LogP contribution is -2.58. The minimum atomic E-state index is -1.41. The molecule has 0 saturated heterocycles. The molecule has 0 spiro atoms. The molecule has 2 rings (SSSR count). The van der Waals surface area contributed by atoms with Gasteiger partial charge < -0.3 is 37.0 Å². The van der Waals surface area contributed by atoms with Gasteiger partial charge in [0.2, 0.25) is 17.7 Å². The van der Waals surface area contributed by atoms with E-state index in [2.05, 4.69) is 16.0 Å². The molecule has 0 aromatic heterocycles. The van der Waals surface area contributed by atoms with Gasteiger partial charge in [-0.2, -0.15) is 0 Å². The standard InChI is InChI=1S/C25H30N4O8/c1-14(25(36)37)27-23(34)19(12-16-7-9-17(30)10-8-16)29-24(35)20(11-15-5-3-2-4-6-15)28-22(33)18(26)13-21(31)32/h2-10,14,18-20,30H,11-13,26H2,1H3,(H,27,34)(H,28,33)(H,29,35)(H,31,32)(H,36,37)/t14-,18-,19-,20-/m0/s1. The summed E-state index contributed by atoms with van der Waals surface area (Å²) in [5.41, 5.74) is 6.88. The predicted molar refractivity (Wildman–Crippen MR) is 131 cm³/mol. The Balaban J connectivity index is 2.28. The fourth-order valence-corrected chi connectivity index (χ4v) is 3.34. The topological polar surface area (TPSA) is 208 Å². The number of rotatable bonds is 13. The van der Waals surface area contributed by atoms with Crippen molar-refractivity contribution in [2.75, 3.05) is 0 Å². The van der Waals surface area contributed by atoms with E-state index in [0.717, 1.165) is 0 Å². The van der Waals surface area contributed by atoms with E-state index in [4.69, 9.17) is 15.9 Å². The van der Waals surface area contributed by atoms with Crippen LogP contribution < -0.4 is 21.7 Å². The van der Waals surface area contributed by atoms with Gasteiger partial charge in [0.15, 0.2) is 0 Å². The van der Waals surface area contributed by atoms with E-state index in [1.165, 1.54) is 31.2 Å². The van der Waals surface area contributed by atoms with Crippen LogP contribution in [0.2, 0.25) is 0 Å². The van der Waals surface area contributed by atoms with Crippen LogP contribution in [0.5, 0.6) is 5.75 Å². The Morgan fingerprint density at radius 1 is 0.757 bits per heavy atom. The first-order chi connectivity index (χ1) is 17.5. The van der Waals surface area contributed by atoms with Gasteiger partial charge in [-0.05, 0) is 30.2 Å². The van der Waals surface area contributed by atoms with Crippen LogP contribution in [0.15, 0.2) is 54.6 Å². The third kappa shape index (κ3) is 9.61. The first-order valence-electron chi connectivity index (χ1n) is 11.4. The van der Waals surface area contributed by atoms with Gasteiger partial charge >= 0.3 is 11.9 Å². The number of nitrogens with two attached hydrogens (primary N) is 1. The maximum Gasteiger partial charge on any atom is 0.325 e. The normalized spacial score (nSPS) is 13.9. The Kier molecular flexibility index (Phi) is 10.6. The number of carboxylic acids is 2. The fraction of sp³-hybridized carbons (Fsp3) is 0.320. The predicted octanol–water partition coefficient (Wildman–Crippen LogP) is -0.462. The Bertz CT molecular complexity index is 1110. The first-order valence-corrected chi connectivity index (χ1v) is 11.4. The second-order valence-corrected chi connectivity index (χ2v) is 8.46. The van der Waals surface area contributed by atoms with Gasteiger partial charge in [-0.25, -0.2) is 0 Å². The van der Waals surface area contributed by atoms with Gasteiger partial charge in [0, 0.05) is 12.8 Å². The number of carboxylic acid groups (broad SMARTS) is 2. The lowest BCUT2D eigenvalue weighted by Gasteiger charge is -2.25. The largest absolute Gasteiger partial charge is 0.508 e. The van der Waals surface area contributed by atoms with Crippen LogP contribution in [0.4, 0.5) is 0 Å². The van der Waals surface area contributed by atoms with E-state index in [9.17, 15) is 29.1 Å². The van der Waals surface area contributed by atoms with E-state index in [1.54, 1.807) is 30.3 Å². The number of carbonyl (C=O) groups excluding carboxylic acids is 3. The van der Waals surface area contributed by atoms with Crippen LogP contribution in [0.1, 0.15) is 24.5 Å². The molecule has 0 unspecified atom stereocenters. The molecule has 37 heavy (non-hydrogen) atoms. The number of hydrogen-bond acceptors (Lipinski definition) is 7. The van der Waals surface area contributed by atoms with Crippen LogP contribution >= 0.6 is 0 Å². The molecule has 0 aliphatic carbocycles. The van der Waals surface area contributed by atoms with Gasteiger partial charge in [0.25, 0.3) is 0 Å². The summed E-state index contributed by atoms with van der Waals surface area (Å²) in [5.74, 6) is -4.96. The molecule has 12 heteroatoms. The highest BCUT2D eigenvalue weighted by atomic mass is 16.4. The quantitative estimate of drug-likeness (QED) is 0.184. The van der Waals surface area contributed by atoms with Crippen LogP contribution in [-0.4, -0.2) is 69.1 Å². The van der Waals surface area contributed by atoms with Crippen LogP contribution in [0.3, 0.4) is 0 Å². The number of carbonyl (C=O) groups is 5. The van der Waals surface area contributed by atoms with E-state index in [1.807, 2.05) is 0 Å². The van der Waals surface area contributed by atoms with Gasteiger partial charge in [-0.15, -0.1) is 0 Å². The lowest BCUT2D eigenvalue weighted by molar-refractivity contribution is -0.141. The Morgan fingerprint density at radius 2 is 1.24 bits per heavy atom. The average Bonchev–Trinajstić information content (AvgIpc) is 2.84. The van der Waals surface area contributed by atoms with Crippen molar-refractivity contribution in [3.05, 3.63) is 65.7 Å². The molecule has 12 nitrogen and oxygen atoms in total. The molecule has 198 valence electrons. The van der Waals surface area contributed by atoms with Crippen molar-refractivity contribution in [2.45, 2.75) is 50.4 Å². The molecule has 2 aromatic carbocycles. The summed E-state index contributed by atoms with van der Waals surface area (Å²) in [6, 6.07) is 9.45. The monoisotopic (exact) mass is 514 g/mol. The molecule has 0 fully saturated rings. The molecular weight excluding hydrogens is 484 g/mol. The number of hydrogen-bond donors (Lipinski definition) is 7. The number of phenolic OH excluding ortho intramolecular Hbond substituents is 1. The van der Waals surface area contributed by atoms with Crippen molar-refractivity contribution < 1.29 is 39.3 Å². The minimum absolute atomic E-state index is 0.00313. The molecule has 0 radical (unpaired) electrons. The average molecular weight is 515 g/mol. The molecule has 0 aliphatic heterocycles. The van der Waals surface area contributed by atoms with E-state index >= 15 is 0 Å². The Hall–Kier alpha value is -4.45. The number of benzene rings is 2. The van der Waals surface area contributed by atoms with Crippen molar-refractivity contribution in [2.24, 2.45) is 5.73 Å². The smallest absolute Gasteiger partial charge is 0.325 e. The van der Waals surface area contributed by atoms with E-state index in [0.29, 0.717) is 11.1 Å². The molecular formula is C25H30N4O8. The van der Waals surface area contributed by atoms with Crippen molar-refractivity contribution in [1.29, 1.82) is 0 Å². The number of aliphatic carboxylic acids is 2. The van der Waals surface area contributed by atoms with E-state index in [-0.39, 0.29) is 18.6 Å². The fourth-order valence-electron chi connectivity index (χ4n) is 3.34. The highest BCUT2D eigenvalue weighted by Gasteiger charge is 2.30. The summed E-state index contributed by atoms with van der Waals surface area (Å²) >= 11 is 0. The maximum absolute atomic E-state index is 13.3. The molecule has 0 heterocycles. The highest BCUT2D eigenvalue weighted by molar-refractivity contribution is 5.95. The number of phenols is 1. The van der Waals surface area contributed by atoms with Crippen molar-refractivity contribution >= 4 is 29.7 Å². The zero-order chi connectivity index (χ0) is 27.5. The lowest BCUT2D eigenvalue weighted by atomic mass is 10.0. The summed E-state index contributed by atoms with van der Waals surface area (Å²) in [4.78, 5) is 60.8. The second kappa shape index (κ2) is 13.6. The van der Waals surface area contributed by atoms with Crippen LogP contribution in [0.25, 0.3) is 0 Å². The summed E-state index contributed by atoms with van der Waals surface area (Å²) in [6.45, 7) is 1.27. The third-order valence-corrected chi connectivity index (χ3v) is 5.39. The Labute approximate surface area is 212 Å². The number of nitrogens with one attached hydrogen (secondary N) is 3. The zero-order valence-corrected chi connectivity index (χ0v) is 20.1. The third-order valence-electron chi connectivity index (χ3n) is 5.39. The first kappa shape index (κ1) is 28.8. The molecule has 2 aromatic rings. The van der Waals surface area contributed by atoms with Crippen molar-refractivity contribution in [3.8, 4) is 5.75 Å². The van der Waals surface area contributed by atoms with Gasteiger partial charge in [0.05, 0.1) is 12.5 Å². The summed E-state index contributed by atoms with van der Waals surface area (Å²) in [6.07, 6.45) is -0.684. The molecule has 8 N–H and O–H groups in total. The number of aromatic hydroxyl groups is 1. The summed E-state index contributed by atoms with van der Waals surface area (Å²) in [7, 11) is 0. The van der Waals surface area contributed by atoms with Crippen LogP contribution in [0, 0.1) is 0 Å². The van der Waals surface area contributed by atoms with Gasteiger partial charge in [-0.3, -0.25) is 24.0 Å². The minimum Gasteiger partial charge on any atom is -0.508 e.